The molecule has 0 amide bonds. The van der Waals surface area contributed by atoms with Crippen molar-refractivity contribution in [2.24, 2.45) is 0 Å². The Kier molecular flexibility index (Phi) is 2.03. The van der Waals surface area contributed by atoms with Crippen LogP contribution in [0.3, 0.4) is 0 Å². The van der Waals surface area contributed by atoms with Gasteiger partial charge in [-0.2, -0.15) is 5.10 Å². The molecule has 76 valence electrons. The fraction of sp³-hybridized carbons (Fsp3) is 0.700. The van der Waals surface area contributed by atoms with E-state index < -0.39 is 0 Å². The summed E-state index contributed by atoms with van der Waals surface area (Å²) in [6.07, 6.45) is 2.56. The van der Waals surface area contributed by atoms with Gasteiger partial charge in [0.25, 0.3) is 0 Å². The molecule has 0 aliphatic carbocycles. The van der Waals surface area contributed by atoms with Crippen molar-refractivity contribution in [2.75, 3.05) is 13.2 Å². The molecule has 1 fully saturated rings. The topological polar surface area (TPSA) is 39.1 Å². The van der Waals surface area contributed by atoms with E-state index in [1.807, 2.05) is 0 Å². The molecule has 1 aromatic heterocycles. The molecule has 14 heavy (non-hydrogen) atoms. The molecule has 3 heterocycles. The first-order valence-electron chi connectivity index (χ1n) is 5.32. The maximum absolute atomic E-state index is 5.62. The van der Waals surface area contributed by atoms with Gasteiger partial charge in [0.05, 0.1) is 17.9 Å². The summed E-state index contributed by atoms with van der Waals surface area (Å²) in [5, 5.41) is 7.93. The fourth-order valence-electron chi connectivity index (χ4n) is 2.18. The van der Waals surface area contributed by atoms with Crippen LogP contribution in [-0.2, 0) is 17.8 Å². The monoisotopic (exact) mass is 193 g/mol. The number of rotatable bonds is 1. The van der Waals surface area contributed by atoms with Gasteiger partial charge in [-0.15, -0.1) is 0 Å². The predicted molar refractivity (Wildman–Crippen MR) is 51.9 cm³/mol. The summed E-state index contributed by atoms with van der Waals surface area (Å²) < 4.78 is 7.73. The molecule has 1 saturated heterocycles. The number of fused-ring (bicyclic) bond motifs is 1. The van der Waals surface area contributed by atoms with Crippen LogP contribution in [0, 0.1) is 0 Å². The number of nitrogens with one attached hydrogen (secondary N) is 1. The summed E-state index contributed by atoms with van der Waals surface area (Å²) in [6, 6.07) is 2.18. The largest absolute Gasteiger partial charge is 0.372 e. The lowest BCUT2D eigenvalue weighted by atomic mass is 10.2. The molecule has 4 nitrogen and oxygen atoms in total. The minimum absolute atomic E-state index is 0.258. The SMILES string of the molecule is c1c([C@@H]2CCCO2)nn2c1CNCC2. The third-order valence-electron chi connectivity index (χ3n) is 2.95. The number of hydrogen-bond donors (Lipinski definition) is 1. The van der Waals surface area contributed by atoms with E-state index in [-0.39, 0.29) is 6.10 Å². The molecule has 1 atom stereocenters. The molecular weight excluding hydrogens is 178 g/mol. The Hall–Kier alpha value is -0.870. The maximum Gasteiger partial charge on any atom is 0.101 e. The smallest absolute Gasteiger partial charge is 0.101 e. The highest BCUT2D eigenvalue weighted by atomic mass is 16.5. The van der Waals surface area contributed by atoms with Crippen LogP contribution in [0.4, 0.5) is 0 Å². The Morgan fingerprint density at radius 3 is 3.36 bits per heavy atom. The molecule has 0 unspecified atom stereocenters. The zero-order valence-corrected chi connectivity index (χ0v) is 8.20. The van der Waals surface area contributed by atoms with Crippen molar-refractivity contribution in [2.45, 2.75) is 32.0 Å². The minimum Gasteiger partial charge on any atom is -0.372 e. The van der Waals surface area contributed by atoms with Gasteiger partial charge in [0.1, 0.15) is 6.10 Å². The third kappa shape index (κ3) is 1.35. The molecule has 4 heteroatoms. The minimum atomic E-state index is 0.258. The molecule has 0 bridgehead atoms. The lowest BCUT2D eigenvalue weighted by molar-refractivity contribution is 0.108. The van der Waals surface area contributed by atoms with E-state index in [2.05, 4.69) is 21.2 Å². The van der Waals surface area contributed by atoms with Crippen LogP contribution < -0.4 is 5.32 Å². The van der Waals surface area contributed by atoms with Crippen LogP contribution in [0.2, 0.25) is 0 Å². The highest BCUT2D eigenvalue weighted by molar-refractivity contribution is 5.14. The van der Waals surface area contributed by atoms with Crippen molar-refractivity contribution in [1.82, 2.24) is 15.1 Å². The van der Waals surface area contributed by atoms with Crippen LogP contribution in [0.1, 0.15) is 30.3 Å². The fourth-order valence-corrected chi connectivity index (χ4v) is 2.18. The van der Waals surface area contributed by atoms with Crippen LogP contribution in [0.15, 0.2) is 6.07 Å². The summed E-state index contributed by atoms with van der Waals surface area (Å²) in [5.41, 5.74) is 2.42. The van der Waals surface area contributed by atoms with Gasteiger partial charge in [-0.25, -0.2) is 0 Å². The average molecular weight is 193 g/mol. The molecule has 0 aromatic carbocycles. The second-order valence-electron chi connectivity index (χ2n) is 3.96. The summed E-state index contributed by atoms with van der Waals surface area (Å²) in [6.45, 7) is 3.85. The molecule has 1 N–H and O–H groups in total. The number of hydrogen-bond acceptors (Lipinski definition) is 3. The summed E-state index contributed by atoms with van der Waals surface area (Å²) in [4.78, 5) is 0. The standard InChI is InChI=1S/C10H15N3O/c1-2-10(14-5-1)9-6-8-7-11-3-4-13(8)12-9/h6,10-11H,1-5,7H2/t10-/m0/s1. The van der Waals surface area contributed by atoms with Crippen LogP contribution in [0.25, 0.3) is 0 Å². The quantitative estimate of drug-likeness (QED) is 0.718. The van der Waals surface area contributed by atoms with E-state index in [4.69, 9.17) is 4.74 Å². The van der Waals surface area contributed by atoms with Gasteiger partial charge in [0.15, 0.2) is 0 Å². The average Bonchev–Trinajstić information content (AvgIpc) is 2.86. The van der Waals surface area contributed by atoms with Gasteiger partial charge in [0, 0.05) is 19.7 Å². The molecule has 0 saturated carbocycles. The lowest BCUT2D eigenvalue weighted by Gasteiger charge is -2.13. The zero-order valence-electron chi connectivity index (χ0n) is 8.20. The van der Waals surface area contributed by atoms with Crippen LogP contribution >= 0.6 is 0 Å². The Morgan fingerprint density at radius 1 is 1.57 bits per heavy atom. The van der Waals surface area contributed by atoms with Crippen molar-refractivity contribution in [3.8, 4) is 0 Å². The Balaban J connectivity index is 1.87. The Labute approximate surface area is 83.2 Å². The van der Waals surface area contributed by atoms with Crippen LogP contribution in [0.5, 0.6) is 0 Å². The van der Waals surface area contributed by atoms with Gasteiger partial charge >= 0.3 is 0 Å². The second-order valence-corrected chi connectivity index (χ2v) is 3.96. The van der Waals surface area contributed by atoms with E-state index >= 15 is 0 Å². The molecule has 0 spiro atoms. The molecule has 3 rings (SSSR count). The normalized spacial score (nSPS) is 26.4. The highest BCUT2D eigenvalue weighted by Crippen LogP contribution is 2.28. The van der Waals surface area contributed by atoms with Gasteiger partial charge in [-0.1, -0.05) is 0 Å². The van der Waals surface area contributed by atoms with E-state index in [0.29, 0.717) is 0 Å². The molecule has 1 aromatic rings. The van der Waals surface area contributed by atoms with Crippen molar-refractivity contribution >= 4 is 0 Å². The van der Waals surface area contributed by atoms with Gasteiger partial charge in [0.2, 0.25) is 0 Å². The number of aromatic nitrogens is 2. The summed E-state index contributed by atoms with van der Waals surface area (Å²) >= 11 is 0. The first-order valence-corrected chi connectivity index (χ1v) is 5.32. The van der Waals surface area contributed by atoms with Gasteiger partial charge in [-0.3, -0.25) is 4.68 Å². The van der Waals surface area contributed by atoms with E-state index in [0.717, 1.165) is 38.4 Å². The van der Waals surface area contributed by atoms with Gasteiger partial charge in [-0.05, 0) is 18.9 Å². The molecule has 2 aliphatic heterocycles. The maximum atomic E-state index is 5.62. The van der Waals surface area contributed by atoms with E-state index in [1.54, 1.807) is 0 Å². The molecule has 2 aliphatic rings. The van der Waals surface area contributed by atoms with E-state index in [9.17, 15) is 0 Å². The van der Waals surface area contributed by atoms with E-state index in [1.165, 1.54) is 12.1 Å². The van der Waals surface area contributed by atoms with Crippen molar-refractivity contribution in [3.05, 3.63) is 17.5 Å². The second kappa shape index (κ2) is 3.37. The summed E-state index contributed by atoms with van der Waals surface area (Å²) in [5.74, 6) is 0. The van der Waals surface area contributed by atoms with Gasteiger partial charge < -0.3 is 10.1 Å². The molecular formula is C10H15N3O. The van der Waals surface area contributed by atoms with Crippen molar-refractivity contribution in [3.63, 3.8) is 0 Å². The lowest BCUT2D eigenvalue weighted by Crippen LogP contribution is -2.28. The number of nitrogens with zero attached hydrogens (tertiary/aromatic N) is 2. The van der Waals surface area contributed by atoms with Crippen molar-refractivity contribution in [1.29, 1.82) is 0 Å². The first kappa shape index (κ1) is 8.44. The first-order chi connectivity index (χ1) is 6.93. The predicted octanol–water partition coefficient (Wildman–Crippen LogP) is 0.838. The van der Waals surface area contributed by atoms with Crippen molar-refractivity contribution < 1.29 is 4.74 Å². The zero-order chi connectivity index (χ0) is 9.38. The highest BCUT2D eigenvalue weighted by Gasteiger charge is 2.22. The number of ether oxygens (including phenoxy) is 1. The molecule has 0 radical (unpaired) electrons. The Bertz CT molecular complexity index is 305. The van der Waals surface area contributed by atoms with Crippen LogP contribution in [-0.4, -0.2) is 22.9 Å². The Morgan fingerprint density at radius 2 is 2.57 bits per heavy atom. The summed E-state index contributed by atoms with van der Waals surface area (Å²) in [7, 11) is 0. The third-order valence-corrected chi connectivity index (χ3v) is 2.95.